The maximum absolute atomic E-state index is 13.7. The lowest BCUT2D eigenvalue weighted by molar-refractivity contribution is -0.147. The SMILES string of the molecule is [2H]B([3H])CSOc1cc(/C=C(\C)C(=O)NC2[C@@H](OSCB([2H])[3H])[C@@H]3OCO[C@@H]3[C@H](O[3H])[C@H]2O[3H])ccc1O[C@@H]1O[C@H](/C(C)=N/OCc2ccccc2)[C@@H](OSCB([2H])[3H])[C@@H]1O. The largest absolute Gasteiger partial charge is 0.458 e. The fraction of sp³-hybridized carbons (Fsp3) is 0.515. The van der Waals surface area contributed by atoms with Crippen molar-refractivity contribution >= 4 is 77.1 Å². The van der Waals surface area contributed by atoms with Crippen LogP contribution < -0.4 is 14.2 Å². The predicted molar refractivity (Wildman–Crippen MR) is 212 cm³/mol. The first-order valence-corrected chi connectivity index (χ1v) is 19.2. The third kappa shape index (κ3) is 10.7. The fourth-order valence-corrected chi connectivity index (χ4v) is 7.08. The van der Waals surface area contributed by atoms with E-state index in [0.717, 1.165) is 41.7 Å². The Hall–Kier alpha value is -2.36. The van der Waals surface area contributed by atoms with E-state index in [0.29, 0.717) is 11.3 Å². The minimum absolute atomic E-state index is 0.00622. The Kier molecular flexibility index (Phi) is 12.3. The van der Waals surface area contributed by atoms with Gasteiger partial charge < -0.3 is 57.0 Å². The van der Waals surface area contributed by atoms with Gasteiger partial charge >= 0.3 is 0 Å². The van der Waals surface area contributed by atoms with E-state index in [9.17, 15) is 9.90 Å². The monoisotopic (exact) mass is 803 g/mol. The first-order chi connectivity index (χ1) is 29.3. The number of benzene rings is 2. The van der Waals surface area contributed by atoms with Gasteiger partial charge in [0.1, 0.15) is 85.6 Å². The van der Waals surface area contributed by atoms with E-state index >= 15 is 0 Å². The second-order valence-corrected chi connectivity index (χ2v) is 14.2. The van der Waals surface area contributed by atoms with Crippen LogP contribution in [0.1, 0.15) is 25.0 Å². The highest BCUT2D eigenvalue weighted by Gasteiger charge is 2.55. The van der Waals surface area contributed by atoms with Crippen LogP contribution >= 0.6 is 36.1 Å². The Morgan fingerprint density at radius 1 is 1.02 bits per heavy atom. The van der Waals surface area contributed by atoms with Crippen LogP contribution in [0, 0.1) is 0 Å². The molecule has 20 heteroatoms. The van der Waals surface area contributed by atoms with E-state index in [2.05, 4.69) is 10.5 Å². The molecule has 3 aliphatic rings. The van der Waals surface area contributed by atoms with Gasteiger partial charge in [-0.15, -0.1) is 0 Å². The van der Waals surface area contributed by atoms with Crippen molar-refractivity contribution in [1.29, 1.82) is 10.9 Å². The summed E-state index contributed by atoms with van der Waals surface area (Å²) < 4.78 is 102. The Balaban J connectivity index is 1.35. The number of fused-ring (bicyclic) bond motifs is 1. The van der Waals surface area contributed by atoms with Crippen LogP contribution in [0.25, 0.3) is 6.08 Å². The molecule has 53 heavy (non-hydrogen) atoms. The Morgan fingerprint density at radius 3 is 2.51 bits per heavy atom. The maximum atomic E-state index is 13.7. The lowest BCUT2D eigenvalue weighted by atomic mass is 9.83. The molecule has 0 bridgehead atoms. The molecule has 2 aromatic carbocycles. The summed E-state index contributed by atoms with van der Waals surface area (Å²) in [5.74, 6) is -0.420. The number of rotatable bonds is 23. The lowest BCUT2D eigenvalue weighted by Crippen LogP contribution is -2.67. The summed E-state index contributed by atoms with van der Waals surface area (Å²) in [5.41, 5.74) is 1.76. The van der Waals surface area contributed by atoms with E-state index in [4.69, 9.17) is 57.4 Å². The van der Waals surface area contributed by atoms with E-state index in [-0.39, 0.29) is 47.4 Å². The number of carbonyl (C=O) groups is 1. The van der Waals surface area contributed by atoms with Gasteiger partial charge in [-0.1, -0.05) is 41.6 Å². The molecule has 1 amide bonds. The summed E-state index contributed by atoms with van der Waals surface area (Å²) in [5, 5.41) is 28.2. The molecule has 0 radical (unpaired) electrons. The van der Waals surface area contributed by atoms with E-state index < -0.39 is 90.4 Å². The molecular weight excluding hydrogens is 745 g/mol. The van der Waals surface area contributed by atoms with Gasteiger partial charge in [0, 0.05) is 23.3 Å². The molecule has 2 heterocycles. The smallest absolute Gasteiger partial charge is 0.247 e. The zero-order valence-electron chi connectivity index (χ0n) is 36.8. The molecule has 2 saturated heterocycles. The van der Waals surface area contributed by atoms with Crippen LogP contribution in [0.4, 0.5) is 0 Å². The van der Waals surface area contributed by atoms with Gasteiger partial charge in [0.2, 0.25) is 15.1 Å². The molecule has 286 valence electrons. The fourth-order valence-electron chi connectivity index (χ4n) is 5.84. The van der Waals surface area contributed by atoms with Crippen molar-refractivity contribution in [2.75, 3.05) is 23.7 Å². The number of hydrogen-bond acceptors (Lipinski definition) is 16. The summed E-state index contributed by atoms with van der Waals surface area (Å²) in [6.07, 6.45) is -8.28. The van der Waals surface area contributed by atoms with Crippen molar-refractivity contribution in [2.45, 2.75) is 81.6 Å². The van der Waals surface area contributed by atoms with Crippen LogP contribution in [-0.2, 0) is 38.8 Å². The third-order valence-corrected chi connectivity index (χ3v) is 9.80. The van der Waals surface area contributed by atoms with Crippen LogP contribution in [-0.4, -0.2) is 146 Å². The van der Waals surface area contributed by atoms with Crippen molar-refractivity contribution < 1.29 is 56.5 Å². The molecule has 1 unspecified atom stereocenters. The highest BCUT2D eigenvalue weighted by atomic mass is 32.2. The zero-order chi connectivity index (χ0) is 44.1. The molecule has 1 aliphatic carbocycles. The van der Waals surface area contributed by atoms with Gasteiger partial charge in [-0.2, -0.15) is 0 Å². The van der Waals surface area contributed by atoms with E-state index in [1.165, 1.54) is 25.1 Å². The molecule has 5 rings (SSSR count). The minimum Gasteiger partial charge on any atom is -0.458 e. The minimum atomic E-state index is -1.40. The van der Waals surface area contributed by atoms with Crippen molar-refractivity contribution in [1.82, 2.24) is 5.32 Å². The number of nitrogens with zero attached hydrogens (tertiary/aromatic N) is 1. The van der Waals surface area contributed by atoms with Crippen molar-refractivity contribution in [2.24, 2.45) is 5.16 Å². The number of nitrogens with one attached hydrogen (secondary N) is 1. The normalized spacial score (nSPS) is 32.0. The van der Waals surface area contributed by atoms with Gasteiger partial charge in [-0.05, 0) is 86.6 Å². The van der Waals surface area contributed by atoms with Gasteiger partial charge in [-0.3, -0.25) is 4.79 Å². The average Bonchev–Trinajstić information content (AvgIpc) is 3.83. The Morgan fingerprint density at radius 2 is 1.75 bits per heavy atom. The second-order valence-electron chi connectivity index (χ2n) is 11.9. The molecule has 10 atom stereocenters. The average molecular weight is 803 g/mol. The van der Waals surface area contributed by atoms with Gasteiger partial charge in [-0.25, -0.2) is 0 Å². The molecule has 3 fully saturated rings. The topological polar surface area (TPSA) is 176 Å². The molecule has 4 N–H and O–H groups in total. The molecule has 2 aliphatic heterocycles. The molecule has 0 aromatic heterocycles. The Labute approximate surface area is 336 Å². The number of amides is 1. The van der Waals surface area contributed by atoms with Crippen LogP contribution in [0.15, 0.2) is 59.3 Å². The van der Waals surface area contributed by atoms with Crippen molar-refractivity contribution in [3.05, 3.63) is 65.2 Å². The third-order valence-electron chi connectivity index (χ3n) is 8.37. The quantitative estimate of drug-likeness (QED) is 0.0388. The van der Waals surface area contributed by atoms with Crippen LogP contribution in [0.2, 0.25) is 0 Å². The van der Waals surface area contributed by atoms with E-state index in [1.54, 1.807) is 13.0 Å². The molecule has 1 saturated carbocycles. The summed E-state index contributed by atoms with van der Waals surface area (Å²) in [6.45, 7) is 3.18. The first-order valence-electron chi connectivity index (χ1n) is 20.8. The van der Waals surface area contributed by atoms with E-state index in [1.807, 2.05) is 30.3 Å². The number of ether oxygens (including phenoxy) is 4. The van der Waals surface area contributed by atoms with Gasteiger partial charge in [0.05, 0.1) is 11.8 Å². The summed E-state index contributed by atoms with van der Waals surface area (Å²) in [4.78, 5) is 19.3. The van der Waals surface area contributed by atoms with Gasteiger partial charge in [0.15, 0.2) is 11.5 Å². The molecule has 0 spiro atoms. The number of aliphatic hydroxyl groups is 3. The number of aliphatic hydroxyl groups excluding tert-OH is 3. The number of oxime groups is 1. The summed E-state index contributed by atoms with van der Waals surface area (Å²) in [7, 11) is -3.59. The first kappa shape index (κ1) is 31.8. The van der Waals surface area contributed by atoms with Crippen molar-refractivity contribution in [3.8, 4) is 11.5 Å². The number of hydrogen-bond donors (Lipinski definition) is 4. The van der Waals surface area contributed by atoms with Gasteiger partial charge in [0.25, 0.3) is 0 Å². The lowest BCUT2D eigenvalue weighted by Gasteiger charge is -2.43. The molecule has 14 nitrogen and oxygen atoms in total. The highest BCUT2D eigenvalue weighted by Crippen LogP contribution is 2.37. The standard InChI is InChI=1S/C33H45B3N2O12S3/c1-17(32(42)37-23-24(39)25(40)29-31(44-16-43-29)28(23)49-52-14-35)10-20-8-9-21(22(11-20)48-51-13-34)46-33-26(41)30(50-53-15-36)27(47-33)18(2)38-45-12-19-6-4-3-5-7-19/h3-11,23-31,33,39-41H,12-16,34-36H2,1-2H3,(H,37,42)/b17-10+,38-18+/t23?,24-,25+,26-,27+,28+,29+,30-,31-,33+/m0/s1/i34TD,35TD,36TD,39T,40T. The summed E-state index contributed by atoms with van der Waals surface area (Å²) >= 11 is 2.46. The summed E-state index contributed by atoms with van der Waals surface area (Å²) in [6, 6.07) is 12.9. The number of carbonyl (C=O) groups excluding carboxylic acids is 1. The molecule has 2 aromatic rings. The van der Waals surface area contributed by atoms with Crippen molar-refractivity contribution in [3.63, 3.8) is 0 Å². The Bertz CT molecular complexity index is 1760. The van der Waals surface area contributed by atoms with Crippen LogP contribution in [0.3, 0.4) is 0 Å². The highest BCUT2D eigenvalue weighted by molar-refractivity contribution is 7.96. The zero-order valence-corrected chi connectivity index (χ0v) is 31.3. The second kappa shape index (κ2) is 20.5. The van der Waals surface area contributed by atoms with Crippen LogP contribution in [0.5, 0.6) is 11.5 Å². The maximum Gasteiger partial charge on any atom is 0.247 e. The predicted octanol–water partition coefficient (Wildman–Crippen LogP) is -0.0255. The molecular formula is C33H45B3N2O12S3.